The minimum atomic E-state index is -0.885. The van der Waals surface area contributed by atoms with Crippen molar-refractivity contribution in [3.05, 3.63) is 72.1 Å². The maximum absolute atomic E-state index is 12.2. The Bertz CT molecular complexity index is 877. The van der Waals surface area contributed by atoms with Crippen LogP contribution in [0.25, 0.3) is 11.5 Å². The van der Waals surface area contributed by atoms with Crippen molar-refractivity contribution in [1.29, 1.82) is 0 Å². The van der Waals surface area contributed by atoms with E-state index in [9.17, 15) is 9.59 Å². The van der Waals surface area contributed by atoms with Crippen LogP contribution < -0.4 is 5.32 Å². The first kappa shape index (κ1) is 18.3. The number of ether oxygens (including phenoxy) is 1. The van der Waals surface area contributed by atoms with Gasteiger partial charge in [-0.3, -0.25) is 4.79 Å². The zero-order valence-corrected chi connectivity index (χ0v) is 14.8. The van der Waals surface area contributed by atoms with E-state index < -0.39 is 12.1 Å². The Morgan fingerprint density at radius 2 is 1.85 bits per heavy atom. The molecule has 3 aromatic rings. The third-order valence-corrected chi connectivity index (χ3v) is 3.94. The molecule has 0 unspecified atom stereocenters. The van der Waals surface area contributed by atoms with E-state index in [0.29, 0.717) is 30.0 Å². The van der Waals surface area contributed by atoms with E-state index in [-0.39, 0.29) is 5.91 Å². The molecular weight excluding hydrogens is 346 g/mol. The van der Waals surface area contributed by atoms with Crippen LogP contribution >= 0.6 is 0 Å². The number of amides is 1. The smallest absolute Gasteiger partial charge is 0.338 e. The second-order valence-electron chi connectivity index (χ2n) is 5.90. The number of hydrogen-bond donors (Lipinski definition) is 1. The number of nitrogens with zero attached hydrogens (tertiary/aromatic N) is 2. The van der Waals surface area contributed by atoms with Gasteiger partial charge in [-0.1, -0.05) is 30.3 Å². The van der Waals surface area contributed by atoms with Crippen LogP contribution in [0.15, 0.2) is 65.4 Å². The number of carbonyl (C=O) groups excluding carboxylic acids is 2. The molecule has 7 heteroatoms. The van der Waals surface area contributed by atoms with Crippen LogP contribution in [0.2, 0.25) is 0 Å². The standard InChI is InChI=1S/C20H19N3O4/c1-14(18(24)21-12-11-15-5-3-2-4-6-15)27-20(25)17-9-7-16(8-10-17)19-23-22-13-26-19/h2-10,13-14H,11-12H2,1H3,(H,21,24)/t14-/m0/s1. The predicted octanol–water partition coefficient (Wildman–Crippen LogP) is 2.64. The molecular formula is C20H19N3O4. The molecule has 0 fully saturated rings. The molecule has 27 heavy (non-hydrogen) atoms. The van der Waals surface area contributed by atoms with Crippen LogP contribution in [0.4, 0.5) is 0 Å². The van der Waals surface area contributed by atoms with Crippen LogP contribution in [0.3, 0.4) is 0 Å². The molecule has 2 aromatic carbocycles. The fourth-order valence-electron chi connectivity index (χ4n) is 2.45. The van der Waals surface area contributed by atoms with Gasteiger partial charge in [-0.25, -0.2) is 4.79 Å². The molecule has 1 atom stereocenters. The van der Waals surface area contributed by atoms with Crippen LogP contribution in [-0.4, -0.2) is 34.7 Å². The number of carbonyl (C=O) groups is 2. The highest BCUT2D eigenvalue weighted by Gasteiger charge is 2.18. The summed E-state index contributed by atoms with van der Waals surface area (Å²) in [5.41, 5.74) is 2.15. The first-order chi connectivity index (χ1) is 13.1. The zero-order valence-electron chi connectivity index (χ0n) is 14.8. The van der Waals surface area contributed by atoms with Crippen molar-refractivity contribution in [3.63, 3.8) is 0 Å². The van der Waals surface area contributed by atoms with E-state index in [0.717, 1.165) is 5.56 Å². The largest absolute Gasteiger partial charge is 0.449 e. The topological polar surface area (TPSA) is 94.3 Å². The van der Waals surface area contributed by atoms with Gasteiger partial charge < -0.3 is 14.5 Å². The highest BCUT2D eigenvalue weighted by Crippen LogP contribution is 2.17. The summed E-state index contributed by atoms with van der Waals surface area (Å²) >= 11 is 0. The fourth-order valence-corrected chi connectivity index (χ4v) is 2.45. The van der Waals surface area contributed by atoms with Gasteiger partial charge in [0.2, 0.25) is 12.3 Å². The molecule has 1 heterocycles. The van der Waals surface area contributed by atoms with Crippen molar-refractivity contribution in [2.24, 2.45) is 0 Å². The lowest BCUT2D eigenvalue weighted by atomic mass is 10.1. The fraction of sp³-hybridized carbons (Fsp3) is 0.200. The van der Waals surface area contributed by atoms with Gasteiger partial charge in [0.15, 0.2) is 6.10 Å². The van der Waals surface area contributed by atoms with Crippen molar-refractivity contribution in [2.75, 3.05) is 6.54 Å². The van der Waals surface area contributed by atoms with Crippen molar-refractivity contribution < 1.29 is 18.7 Å². The van der Waals surface area contributed by atoms with E-state index in [1.165, 1.54) is 6.39 Å². The van der Waals surface area contributed by atoms with E-state index >= 15 is 0 Å². The zero-order chi connectivity index (χ0) is 19.1. The van der Waals surface area contributed by atoms with Crippen molar-refractivity contribution in [3.8, 4) is 11.5 Å². The molecule has 0 bridgehead atoms. The molecule has 1 aromatic heterocycles. The van der Waals surface area contributed by atoms with Crippen molar-refractivity contribution >= 4 is 11.9 Å². The Morgan fingerprint density at radius 1 is 1.11 bits per heavy atom. The molecule has 0 saturated carbocycles. The van der Waals surface area contributed by atoms with Gasteiger partial charge in [0.05, 0.1) is 5.56 Å². The lowest BCUT2D eigenvalue weighted by molar-refractivity contribution is -0.129. The Kier molecular flexibility index (Phi) is 5.94. The summed E-state index contributed by atoms with van der Waals surface area (Å²) in [6.45, 7) is 2.02. The molecule has 3 rings (SSSR count). The maximum atomic E-state index is 12.2. The molecule has 0 saturated heterocycles. The highest BCUT2D eigenvalue weighted by atomic mass is 16.5. The Labute approximate surface area is 156 Å². The second-order valence-corrected chi connectivity index (χ2v) is 5.90. The molecule has 0 aliphatic rings. The normalized spacial score (nSPS) is 11.6. The molecule has 0 aliphatic carbocycles. The molecule has 1 amide bonds. The van der Waals surface area contributed by atoms with Crippen molar-refractivity contribution in [1.82, 2.24) is 15.5 Å². The van der Waals surface area contributed by atoms with Gasteiger partial charge in [-0.05, 0) is 43.2 Å². The summed E-state index contributed by atoms with van der Waals surface area (Å²) < 4.78 is 10.3. The van der Waals surface area contributed by atoms with Crippen LogP contribution in [-0.2, 0) is 16.0 Å². The lowest BCUT2D eigenvalue weighted by Gasteiger charge is -2.13. The molecule has 1 N–H and O–H groups in total. The van der Waals surface area contributed by atoms with E-state index in [4.69, 9.17) is 9.15 Å². The summed E-state index contributed by atoms with van der Waals surface area (Å²) in [5, 5.41) is 10.2. The van der Waals surface area contributed by atoms with Gasteiger partial charge in [0.1, 0.15) is 0 Å². The van der Waals surface area contributed by atoms with E-state index in [1.54, 1.807) is 31.2 Å². The quantitative estimate of drug-likeness (QED) is 0.647. The lowest BCUT2D eigenvalue weighted by Crippen LogP contribution is -2.36. The first-order valence-electron chi connectivity index (χ1n) is 8.52. The Hall–Kier alpha value is -3.48. The Balaban J connectivity index is 1.48. The maximum Gasteiger partial charge on any atom is 0.338 e. The summed E-state index contributed by atoms with van der Waals surface area (Å²) in [4.78, 5) is 24.3. The molecule has 138 valence electrons. The predicted molar refractivity (Wildman–Crippen MR) is 97.8 cm³/mol. The number of benzene rings is 2. The van der Waals surface area contributed by atoms with Crippen LogP contribution in [0.5, 0.6) is 0 Å². The monoisotopic (exact) mass is 365 g/mol. The average molecular weight is 365 g/mol. The van der Waals surface area contributed by atoms with Gasteiger partial charge >= 0.3 is 5.97 Å². The third-order valence-electron chi connectivity index (χ3n) is 3.94. The minimum absolute atomic E-state index is 0.332. The minimum Gasteiger partial charge on any atom is -0.449 e. The summed E-state index contributed by atoms with van der Waals surface area (Å²) in [6, 6.07) is 16.4. The summed E-state index contributed by atoms with van der Waals surface area (Å²) in [6.07, 6.45) is 1.06. The molecule has 0 spiro atoms. The molecule has 7 nitrogen and oxygen atoms in total. The van der Waals surface area contributed by atoms with Crippen molar-refractivity contribution in [2.45, 2.75) is 19.4 Å². The van der Waals surface area contributed by atoms with Gasteiger partial charge in [0.25, 0.3) is 5.91 Å². The Morgan fingerprint density at radius 3 is 2.52 bits per heavy atom. The molecule has 0 aliphatic heterocycles. The third kappa shape index (κ3) is 5.01. The highest BCUT2D eigenvalue weighted by molar-refractivity contribution is 5.92. The molecule has 0 radical (unpaired) electrons. The van der Waals surface area contributed by atoms with Gasteiger partial charge in [0, 0.05) is 12.1 Å². The van der Waals surface area contributed by atoms with Crippen LogP contribution in [0, 0.1) is 0 Å². The first-order valence-corrected chi connectivity index (χ1v) is 8.52. The number of hydrogen-bond acceptors (Lipinski definition) is 6. The van der Waals surface area contributed by atoms with Crippen LogP contribution in [0.1, 0.15) is 22.8 Å². The summed E-state index contributed by atoms with van der Waals surface area (Å²) in [5.74, 6) is -0.541. The number of aromatic nitrogens is 2. The number of nitrogens with one attached hydrogen (secondary N) is 1. The number of rotatable bonds is 7. The SMILES string of the molecule is C[C@H](OC(=O)c1ccc(-c2nnco2)cc1)C(=O)NCCc1ccccc1. The van der Waals surface area contributed by atoms with Gasteiger partial charge in [-0.15, -0.1) is 10.2 Å². The second kappa shape index (κ2) is 8.75. The average Bonchev–Trinajstić information content (AvgIpc) is 3.23. The van der Waals surface area contributed by atoms with Gasteiger partial charge in [-0.2, -0.15) is 0 Å². The summed E-state index contributed by atoms with van der Waals surface area (Å²) in [7, 11) is 0. The number of esters is 1. The van der Waals surface area contributed by atoms with E-state index in [1.807, 2.05) is 30.3 Å². The van der Waals surface area contributed by atoms with E-state index in [2.05, 4.69) is 15.5 Å².